The number of hydrogen-bond acceptors (Lipinski definition) is 6. The zero-order chi connectivity index (χ0) is 28.8. The maximum Gasteiger partial charge on any atom is 0.338 e. The number of pyridine rings is 1. The molecule has 212 valence electrons. The molecule has 0 unspecified atom stereocenters. The van der Waals surface area contributed by atoms with Crippen LogP contribution in [0.15, 0.2) is 89.3 Å². The molecule has 40 heavy (non-hydrogen) atoms. The van der Waals surface area contributed by atoms with E-state index in [1.54, 1.807) is 24.3 Å². The summed E-state index contributed by atoms with van der Waals surface area (Å²) < 4.78 is 47.1. The third-order valence-corrected chi connectivity index (χ3v) is 8.57. The van der Waals surface area contributed by atoms with Crippen molar-refractivity contribution < 1.29 is 27.4 Å². The van der Waals surface area contributed by atoms with Gasteiger partial charge in [-0.05, 0) is 55.0 Å². The van der Waals surface area contributed by atoms with E-state index in [1.807, 2.05) is 44.2 Å². The molecule has 0 bridgehead atoms. The molecule has 4 rings (SSSR count). The number of sulfonamides is 1. The number of aromatic nitrogens is 1. The lowest BCUT2D eigenvalue weighted by Gasteiger charge is -2.38. The molecule has 0 fully saturated rings. The number of carbonyl (C=O) groups is 1. The maximum absolute atomic E-state index is 13.4. The van der Waals surface area contributed by atoms with Gasteiger partial charge in [0.25, 0.3) is 10.0 Å². The number of esters is 1. The largest absolute Gasteiger partial charge is 0.512 e. The van der Waals surface area contributed by atoms with Gasteiger partial charge in [0.2, 0.25) is 0 Å². The minimum atomic E-state index is -4.02. The maximum atomic E-state index is 13.4. The van der Waals surface area contributed by atoms with E-state index in [2.05, 4.69) is 9.71 Å². The number of benzene rings is 2. The average molecular weight is 567 g/mol. The predicted octanol–water partition coefficient (Wildman–Crippen LogP) is 6.78. The summed E-state index contributed by atoms with van der Waals surface area (Å²) in [4.78, 5) is 17.3. The number of halogens is 1. The summed E-state index contributed by atoms with van der Waals surface area (Å²) in [6.07, 6.45) is 4.66. The van der Waals surface area contributed by atoms with Gasteiger partial charge in [0, 0.05) is 29.8 Å². The summed E-state index contributed by atoms with van der Waals surface area (Å²) in [5.41, 5.74) is 1.78. The first-order valence-corrected chi connectivity index (χ1v) is 15.0. The molecule has 3 aromatic rings. The smallest absolute Gasteiger partial charge is 0.338 e. The Labute approximate surface area is 235 Å². The van der Waals surface area contributed by atoms with Crippen molar-refractivity contribution in [3.05, 3.63) is 101 Å². The van der Waals surface area contributed by atoms with Crippen molar-refractivity contribution in [1.82, 2.24) is 4.98 Å². The minimum Gasteiger partial charge on any atom is -0.512 e. The number of alkyl halides is 1. The van der Waals surface area contributed by atoms with Gasteiger partial charge in [-0.15, -0.1) is 0 Å². The van der Waals surface area contributed by atoms with Crippen LogP contribution in [0, 0.1) is 0 Å². The van der Waals surface area contributed by atoms with Gasteiger partial charge in [-0.2, -0.15) is 8.42 Å². The van der Waals surface area contributed by atoms with Gasteiger partial charge in [0.05, 0.1) is 5.57 Å². The van der Waals surface area contributed by atoms with Crippen LogP contribution in [0.1, 0.15) is 68.6 Å². The van der Waals surface area contributed by atoms with Crippen molar-refractivity contribution >= 4 is 21.7 Å². The summed E-state index contributed by atoms with van der Waals surface area (Å²) in [7, 11) is -4.02. The fourth-order valence-corrected chi connectivity index (χ4v) is 6.29. The molecule has 2 atom stereocenters. The van der Waals surface area contributed by atoms with Crippen LogP contribution in [-0.4, -0.2) is 30.1 Å². The number of ether oxygens (including phenoxy) is 1. The summed E-state index contributed by atoms with van der Waals surface area (Å²) in [5, 5.41) is 11.0. The van der Waals surface area contributed by atoms with Gasteiger partial charge in [0.1, 0.15) is 18.0 Å². The van der Waals surface area contributed by atoms with Crippen LogP contribution in [0.2, 0.25) is 0 Å². The van der Waals surface area contributed by atoms with Gasteiger partial charge >= 0.3 is 5.97 Å². The van der Waals surface area contributed by atoms with Gasteiger partial charge in [0.15, 0.2) is 5.03 Å². The molecule has 1 aromatic heterocycles. The van der Waals surface area contributed by atoms with Crippen molar-refractivity contribution in [1.29, 1.82) is 0 Å². The van der Waals surface area contributed by atoms with E-state index >= 15 is 0 Å². The molecule has 7 nitrogen and oxygen atoms in total. The third kappa shape index (κ3) is 6.70. The van der Waals surface area contributed by atoms with E-state index in [-0.39, 0.29) is 34.0 Å². The van der Waals surface area contributed by atoms with Crippen LogP contribution in [0.5, 0.6) is 0 Å². The second kappa shape index (κ2) is 12.6. The van der Waals surface area contributed by atoms with Crippen molar-refractivity contribution in [3.8, 4) is 0 Å². The number of carbonyl (C=O) groups excluding carboxylic acids is 1. The standard InChI is InChI=1S/C31H35FN2O5S/c1-3-16-31(17-15-22-9-6-5-7-10-22)19-27(35)29(30(36)39-31)26(4-2)24-11-8-12-25(18-24)34-40(37,38)28-14-13-23(20-32)21-33-28/h5-14,18,21,26,34-35H,3-4,15-17,19-20H2,1-2H3/t26-,31-/m1/s1. The molecular weight excluding hydrogens is 531 g/mol. The van der Waals surface area contributed by atoms with Crippen LogP contribution in [0.3, 0.4) is 0 Å². The van der Waals surface area contributed by atoms with Crippen LogP contribution >= 0.6 is 0 Å². The molecule has 1 aliphatic heterocycles. The van der Waals surface area contributed by atoms with Gasteiger partial charge in [-0.3, -0.25) is 4.72 Å². The number of nitrogens with zero attached hydrogens (tertiary/aromatic N) is 1. The highest BCUT2D eigenvalue weighted by atomic mass is 32.2. The molecule has 2 N–H and O–H groups in total. The second-order valence-corrected chi connectivity index (χ2v) is 11.8. The highest BCUT2D eigenvalue weighted by molar-refractivity contribution is 7.92. The number of rotatable bonds is 12. The Bertz CT molecular complexity index is 1460. The average Bonchev–Trinajstić information content (AvgIpc) is 2.94. The zero-order valence-electron chi connectivity index (χ0n) is 22.8. The number of nitrogens with one attached hydrogen (secondary N) is 1. The van der Waals surface area contributed by atoms with Crippen LogP contribution in [0.25, 0.3) is 0 Å². The Morgan fingerprint density at radius 3 is 2.45 bits per heavy atom. The van der Waals surface area contributed by atoms with E-state index < -0.39 is 34.2 Å². The van der Waals surface area contributed by atoms with Gasteiger partial charge < -0.3 is 9.84 Å². The summed E-state index contributed by atoms with van der Waals surface area (Å²) in [6.45, 7) is 3.19. The zero-order valence-corrected chi connectivity index (χ0v) is 23.6. The fraction of sp³-hybridized carbons (Fsp3) is 0.355. The molecule has 0 amide bonds. The Hall–Kier alpha value is -3.72. The van der Waals surface area contributed by atoms with E-state index in [4.69, 9.17) is 4.74 Å². The molecule has 0 aliphatic carbocycles. The fourth-order valence-electron chi connectivity index (χ4n) is 5.31. The lowest BCUT2D eigenvalue weighted by Crippen LogP contribution is -2.41. The summed E-state index contributed by atoms with van der Waals surface area (Å²) >= 11 is 0. The number of anilines is 1. The van der Waals surface area contributed by atoms with E-state index in [9.17, 15) is 22.7 Å². The van der Waals surface area contributed by atoms with Crippen LogP contribution in [-0.2, 0) is 32.7 Å². The Kier molecular flexibility index (Phi) is 9.25. The summed E-state index contributed by atoms with van der Waals surface area (Å²) in [6, 6.07) is 19.3. The molecule has 0 spiro atoms. The highest BCUT2D eigenvalue weighted by Gasteiger charge is 2.43. The molecule has 9 heteroatoms. The number of hydrogen-bond donors (Lipinski definition) is 2. The van der Waals surface area contributed by atoms with E-state index in [0.29, 0.717) is 24.8 Å². The van der Waals surface area contributed by atoms with Crippen LogP contribution in [0.4, 0.5) is 10.1 Å². The van der Waals surface area contributed by atoms with Crippen molar-refractivity contribution in [2.45, 2.75) is 75.6 Å². The molecule has 2 aromatic carbocycles. The first kappa shape index (κ1) is 29.3. The number of aliphatic hydroxyl groups excluding tert-OH is 1. The van der Waals surface area contributed by atoms with Crippen molar-refractivity contribution in [2.75, 3.05) is 4.72 Å². The predicted molar refractivity (Wildman–Crippen MR) is 152 cm³/mol. The number of cyclic esters (lactones) is 1. The highest BCUT2D eigenvalue weighted by Crippen LogP contribution is 2.42. The van der Waals surface area contributed by atoms with Crippen molar-refractivity contribution in [3.63, 3.8) is 0 Å². The van der Waals surface area contributed by atoms with Gasteiger partial charge in [-0.25, -0.2) is 14.2 Å². The summed E-state index contributed by atoms with van der Waals surface area (Å²) in [5.74, 6) is -1.01. The Morgan fingerprint density at radius 2 is 1.82 bits per heavy atom. The topological polar surface area (TPSA) is 106 Å². The quantitative estimate of drug-likeness (QED) is 0.234. The first-order chi connectivity index (χ1) is 19.2. The Balaban J connectivity index is 1.57. The van der Waals surface area contributed by atoms with E-state index in [0.717, 1.165) is 18.4 Å². The normalized spacial score (nSPS) is 18.3. The number of aliphatic hydroxyl groups is 1. The minimum absolute atomic E-state index is 0.0211. The number of aryl methyl sites for hydroxylation is 1. The third-order valence-electron chi connectivity index (χ3n) is 7.27. The lowest BCUT2D eigenvalue weighted by atomic mass is 9.80. The second-order valence-electron chi connectivity index (χ2n) is 10.2. The molecule has 0 radical (unpaired) electrons. The lowest BCUT2D eigenvalue weighted by molar-refractivity contribution is -0.161. The molecule has 1 aliphatic rings. The molecule has 0 saturated heterocycles. The monoisotopic (exact) mass is 566 g/mol. The Morgan fingerprint density at radius 1 is 1.05 bits per heavy atom. The SMILES string of the molecule is CCC[C@@]1(CCc2ccccc2)CC(O)=C([C@H](CC)c2cccc(NS(=O)(=O)c3ccc(CF)cn3)c2)C(=O)O1. The van der Waals surface area contributed by atoms with Crippen LogP contribution < -0.4 is 4.72 Å². The molecule has 2 heterocycles. The first-order valence-electron chi connectivity index (χ1n) is 13.5. The van der Waals surface area contributed by atoms with Gasteiger partial charge in [-0.1, -0.05) is 68.8 Å². The molecule has 0 saturated carbocycles. The van der Waals surface area contributed by atoms with E-state index in [1.165, 1.54) is 18.3 Å². The van der Waals surface area contributed by atoms with Crippen molar-refractivity contribution in [2.24, 2.45) is 0 Å². The molecular formula is C31H35FN2O5S.